The van der Waals surface area contributed by atoms with Gasteiger partial charge in [-0.2, -0.15) is 0 Å². The molecule has 0 saturated heterocycles. The molecule has 0 saturated carbocycles. The van der Waals surface area contributed by atoms with Gasteiger partial charge in [-0.15, -0.1) is 0 Å². The summed E-state index contributed by atoms with van der Waals surface area (Å²) in [5.74, 6) is -4.53. The van der Waals surface area contributed by atoms with E-state index < -0.39 is 70.4 Å². The molecule has 0 aromatic heterocycles. The minimum absolute atomic E-state index is 0.0759. The Hall–Kier alpha value is -5.53. The van der Waals surface area contributed by atoms with E-state index in [4.69, 9.17) is 18.9 Å². The van der Waals surface area contributed by atoms with Crippen LogP contribution in [0.1, 0.15) is 72.1 Å². The van der Waals surface area contributed by atoms with Crippen LogP contribution < -0.4 is 25.4 Å². The van der Waals surface area contributed by atoms with E-state index in [0.29, 0.717) is 11.1 Å². The van der Waals surface area contributed by atoms with Gasteiger partial charge in [0.1, 0.15) is 40.2 Å². The van der Waals surface area contributed by atoms with E-state index in [2.05, 4.69) is 16.0 Å². The highest BCUT2D eigenvalue weighted by molar-refractivity contribution is 6.11. The van der Waals surface area contributed by atoms with Crippen LogP contribution in [0.15, 0.2) is 60.7 Å². The molecule has 1 heterocycles. The van der Waals surface area contributed by atoms with E-state index in [1.165, 1.54) is 68.4 Å². The van der Waals surface area contributed by atoms with Crippen molar-refractivity contribution in [1.82, 2.24) is 10.6 Å². The molecule has 0 spiro atoms. The van der Waals surface area contributed by atoms with Gasteiger partial charge in [-0.1, -0.05) is 30.3 Å². The Kier molecular flexibility index (Phi) is 10.5. The number of ether oxygens (including phenoxy) is 4. The zero-order valence-corrected chi connectivity index (χ0v) is 28.9. The molecule has 3 amide bonds. The first-order chi connectivity index (χ1) is 23.2. The average Bonchev–Trinajstić information content (AvgIpc) is 3.30. The van der Waals surface area contributed by atoms with E-state index >= 15 is 0 Å². The number of hydrogen-bond acceptors (Lipinski definition) is 9. The Bertz CT molecular complexity index is 1700. The standard InChI is InChI=1S/C36H39F2N3O9/c1-19(39-32(45)49-34(3,4)5)29(42)47-23-13-9-21(10-14-23)36(25-17-18-26(37)27(38)28(25)41-31(36)44)22-11-15-24(16-12-22)48-30(43)20(2)40-33(46)50-35(6,7)8/h9-20H,1-8H3,(H,39,45)(H,40,46)(H,41,44). The SMILES string of the molecule is CC(NC(=O)OC(C)(C)C)C(=O)Oc1ccc(C2(c3ccc(OC(=O)C(C)NC(=O)OC(C)(C)C)cc3)C(=O)Nc3c2ccc(F)c3F)cc1. The maximum atomic E-state index is 15.0. The molecule has 2 unspecified atom stereocenters. The minimum atomic E-state index is -1.72. The van der Waals surface area contributed by atoms with E-state index in [1.807, 2.05) is 0 Å². The van der Waals surface area contributed by atoms with Crippen LogP contribution in [0.2, 0.25) is 0 Å². The fourth-order valence-corrected chi connectivity index (χ4v) is 5.10. The molecule has 50 heavy (non-hydrogen) atoms. The number of fused-ring (bicyclic) bond motifs is 1. The van der Waals surface area contributed by atoms with Gasteiger partial charge >= 0.3 is 24.1 Å². The molecular formula is C36H39F2N3O9. The molecule has 1 aliphatic rings. The van der Waals surface area contributed by atoms with Crippen molar-refractivity contribution >= 4 is 35.7 Å². The Morgan fingerprint density at radius 3 is 1.46 bits per heavy atom. The summed E-state index contributed by atoms with van der Waals surface area (Å²) >= 11 is 0. The predicted molar refractivity (Wildman–Crippen MR) is 177 cm³/mol. The quantitative estimate of drug-likeness (QED) is 0.193. The lowest BCUT2D eigenvalue weighted by Gasteiger charge is -2.29. The summed E-state index contributed by atoms with van der Waals surface area (Å²) in [7, 11) is 0. The van der Waals surface area contributed by atoms with Crippen LogP contribution in [0.3, 0.4) is 0 Å². The molecule has 2 atom stereocenters. The Balaban J connectivity index is 1.61. The largest absolute Gasteiger partial charge is 0.444 e. The van der Waals surface area contributed by atoms with Crippen molar-refractivity contribution in [2.24, 2.45) is 0 Å². The van der Waals surface area contributed by atoms with Gasteiger partial charge in [-0.3, -0.25) is 4.79 Å². The van der Waals surface area contributed by atoms with Crippen LogP contribution in [-0.4, -0.2) is 53.3 Å². The molecule has 0 aliphatic carbocycles. The monoisotopic (exact) mass is 695 g/mol. The average molecular weight is 696 g/mol. The summed E-state index contributed by atoms with van der Waals surface area (Å²) in [5.41, 5.74) is -2.89. The third kappa shape index (κ3) is 8.36. The molecule has 266 valence electrons. The third-order valence-electron chi connectivity index (χ3n) is 7.26. The number of benzene rings is 3. The highest BCUT2D eigenvalue weighted by Crippen LogP contribution is 2.49. The lowest BCUT2D eigenvalue weighted by atomic mass is 9.70. The summed E-state index contributed by atoms with van der Waals surface area (Å²) in [6.45, 7) is 12.9. The van der Waals surface area contributed by atoms with Crippen molar-refractivity contribution in [3.05, 3.63) is 89.0 Å². The molecule has 0 fully saturated rings. The number of hydrogen-bond donors (Lipinski definition) is 3. The highest BCUT2D eigenvalue weighted by Gasteiger charge is 2.51. The number of rotatable bonds is 8. The van der Waals surface area contributed by atoms with Crippen LogP contribution in [0, 0.1) is 11.6 Å². The van der Waals surface area contributed by atoms with Gasteiger partial charge in [-0.05, 0) is 96.8 Å². The van der Waals surface area contributed by atoms with Crippen molar-refractivity contribution in [2.75, 3.05) is 5.32 Å². The van der Waals surface area contributed by atoms with E-state index in [1.54, 1.807) is 41.5 Å². The summed E-state index contributed by atoms with van der Waals surface area (Å²) < 4.78 is 50.4. The minimum Gasteiger partial charge on any atom is -0.444 e. The smallest absolute Gasteiger partial charge is 0.408 e. The lowest BCUT2D eigenvalue weighted by molar-refractivity contribution is -0.137. The first-order valence-corrected chi connectivity index (χ1v) is 15.6. The van der Waals surface area contributed by atoms with Gasteiger partial charge in [0.15, 0.2) is 11.6 Å². The molecular weight excluding hydrogens is 656 g/mol. The number of esters is 2. The molecule has 3 aromatic rings. The van der Waals surface area contributed by atoms with Gasteiger partial charge in [-0.25, -0.2) is 28.0 Å². The highest BCUT2D eigenvalue weighted by atomic mass is 19.2. The molecule has 3 N–H and O–H groups in total. The number of anilines is 1. The molecule has 0 radical (unpaired) electrons. The van der Waals surface area contributed by atoms with E-state index in [-0.39, 0.29) is 22.7 Å². The van der Waals surface area contributed by atoms with Crippen molar-refractivity contribution in [3.63, 3.8) is 0 Å². The second-order valence-corrected chi connectivity index (χ2v) is 13.6. The van der Waals surface area contributed by atoms with Gasteiger partial charge in [0.25, 0.3) is 0 Å². The van der Waals surface area contributed by atoms with Crippen LogP contribution >= 0.6 is 0 Å². The van der Waals surface area contributed by atoms with Crippen LogP contribution in [-0.2, 0) is 29.3 Å². The summed E-state index contributed by atoms with van der Waals surface area (Å²) in [4.78, 5) is 63.4. The number of halogens is 2. The van der Waals surface area contributed by atoms with E-state index in [9.17, 15) is 32.8 Å². The summed E-state index contributed by atoms with van der Waals surface area (Å²) in [5, 5.41) is 7.25. The second kappa shape index (κ2) is 14.1. The Morgan fingerprint density at radius 1 is 0.680 bits per heavy atom. The fourth-order valence-electron chi connectivity index (χ4n) is 5.10. The van der Waals surface area contributed by atoms with Crippen molar-refractivity contribution < 1.29 is 51.7 Å². The number of amides is 3. The second-order valence-electron chi connectivity index (χ2n) is 13.6. The van der Waals surface area contributed by atoms with Crippen LogP contribution in [0.4, 0.5) is 24.1 Å². The Morgan fingerprint density at radius 2 is 1.08 bits per heavy atom. The first-order valence-electron chi connectivity index (χ1n) is 15.6. The van der Waals surface area contributed by atoms with Gasteiger partial charge < -0.3 is 34.9 Å². The zero-order valence-electron chi connectivity index (χ0n) is 28.9. The molecule has 12 nitrogen and oxygen atoms in total. The third-order valence-corrected chi connectivity index (χ3v) is 7.26. The van der Waals surface area contributed by atoms with Gasteiger partial charge in [0.05, 0.1) is 5.69 Å². The fraction of sp³-hybridized carbons (Fsp3) is 0.361. The topological polar surface area (TPSA) is 158 Å². The van der Waals surface area contributed by atoms with Crippen molar-refractivity contribution in [2.45, 2.75) is 84.1 Å². The first kappa shape index (κ1) is 37.3. The molecule has 4 rings (SSSR count). The molecule has 0 bridgehead atoms. The maximum Gasteiger partial charge on any atom is 0.408 e. The maximum absolute atomic E-state index is 15.0. The molecule has 14 heteroatoms. The predicted octanol–water partition coefficient (Wildman–Crippen LogP) is 5.89. The number of alkyl carbamates (subject to hydrolysis) is 2. The molecule has 1 aliphatic heterocycles. The van der Waals surface area contributed by atoms with Crippen LogP contribution in [0.25, 0.3) is 0 Å². The van der Waals surface area contributed by atoms with Gasteiger partial charge in [0.2, 0.25) is 5.91 Å². The summed E-state index contributed by atoms with van der Waals surface area (Å²) in [6.07, 6.45) is -1.61. The lowest BCUT2D eigenvalue weighted by Crippen LogP contribution is -2.43. The number of carbonyl (C=O) groups is 5. The van der Waals surface area contributed by atoms with Crippen molar-refractivity contribution in [1.29, 1.82) is 0 Å². The molecule has 3 aromatic carbocycles. The normalized spacial score (nSPS) is 16.6. The van der Waals surface area contributed by atoms with Crippen LogP contribution in [0.5, 0.6) is 11.5 Å². The van der Waals surface area contributed by atoms with Gasteiger partial charge in [0, 0.05) is 5.56 Å². The van der Waals surface area contributed by atoms with Crippen molar-refractivity contribution in [3.8, 4) is 11.5 Å². The summed E-state index contributed by atoms with van der Waals surface area (Å²) in [6, 6.07) is 11.7. The zero-order chi connectivity index (χ0) is 37.2. The Labute approximate surface area is 287 Å². The number of nitrogens with one attached hydrogen (secondary N) is 3. The number of carbonyl (C=O) groups excluding carboxylic acids is 5. The van der Waals surface area contributed by atoms with E-state index in [0.717, 1.165) is 6.07 Å².